The van der Waals surface area contributed by atoms with Crippen LogP contribution in [-0.4, -0.2) is 35.9 Å². The molecule has 270 valence electrons. The predicted molar refractivity (Wildman–Crippen MR) is 206 cm³/mol. The van der Waals surface area contributed by atoms with Gasteiger partial charge in [-0.25, -0.2) is 4.79 Å². The highest BCUT2D eigenvalue weighted by Gasteiger charge is 2.24. The molecule has 0 unspecified atom stereocenters. The van der Waals surface area contributed by atoms with Gasteiger partial charge < -0.3 is 24.7 Å². The normalized spacial score (nSPS) is 11.9. The summed E-state index contributed by atoms with van der Waals surface area (Å²) < 4.78 is 12.4. The lowest BCUT2D eigenvalue weighted by Gasteiger charge is -2.19. The summed E-state index contributed by atoms with van der Waals surface area (Å²) in [4.78, 5) is 18.3. The molecule has 4 N–H and O–H groups in total. The largest absolute Gasteiger partial charge is 0.508 e. The Morgan fingerprint density at radius 3 is 2.24 bits per heavy atom. The zero-order chi connectivity index (χ0) is 36.5. The first-order chi connectivity index (χ1) is 24.6. The molecular formula is C44H55N2O5+. The van der Waals surface area contributed by atoms with E-state index in [0.29, 0.717) is 24.5 Å². The van der Waals surface area contributed by atoms with Crippen molar-refractivity contribution in [2.45, 2.75) is 99.3 Å². The number of phenols is 2. The van der Waals surface area contributed by atoms with Crippen molar-refractivity contribution in [3.8, 4) is 33.9 Å². The number of hydrogen-bond donors (Lipinski definition) is 3. The van der Waals surface area contributed by atoms with E-state index < -0.39 is 0 Å². The Kier molecular flexibility index (Phi) is 12.9. The van der Waals surface area contributed by atoms with E-state index in [0.717, 1.165) is 137 Å². The van der Waals surface area contributed by atoms with Gasteiger partial charge in [0.2, 0.25) is 0 Å². The molecule has 0 saturated heterocycles. The number of phenolic OH excluding ortho intramolecular Hbond substituents is 2. The first-order valence-corrected chi connectivity index (χ1v) is 18.8. The van der Waals surface area contributed by atoms with Crippen molar-refractivity contribution in [1.29, 1.82) is 0 Å². The van der Waals surface area contributed by atoms with Crippen LogP contribution < -0.4 is 10.7 Å². The van der Waals surface area contributed by atoms with Gasteiger partial charge in [0.25, 0.3) is 0 Å². The molecule has 1 heterocycles. The number of fused-ring (bicyclic) bond motifs is 2. The Balaban J connectivity index is 1.20. The van der Waals surface area contributed by atoms with Gasteiger partial charge in [0.05, 0.1) is 24.1 Å². The molecule has 0 saturated carbocycles. The van der Waals surface area contributed by atoms with Gasteiger partial charge in [0.1, 0.15) is 28.5 Å². The van der Waals surface area contributed by atoms with Crippen LogP contribution in [0.2, 0.25) is 0 Å². The Bertz CT molecular complexity index is 2030. The van der Waals surface area contributed by atoms with Gasteiger partial charge in [-0.15, -0.1) is 0 Å². The van der Waals surface area contributed by atoms with Gasteiger partial charge >= 0.3 is 5.97 Å². The minimum Gasteiger partial charge on any atom is -0.508 e. The third kappa shape index (κ3) is 8.82. The van der Waals surface area contributed by atoms with Crippen LogP contribution >= 0.6 is 0 Å². The van der Waals surface area contributed by atoms with Crippen molar-refractivity contribution in [1.82, 2.24) is 0 Å². The second kappa shape index (κ2) is 17.5. The number of nitrogens with two attached hydrogens (primary N) is 1. The molecule has 5 rings (SSSR count). The lowest BCUT2D eigenvalue weighted by Crippen LogP contribution is -2.77. The maximum Gasteiger partial charge on any atom is 0.338 e. The second-order valence-corrected chi connectivity index (χ2v) is 13.8. The van der Waals surface area contributed by atoms with Gasteiger partial charge in [0, 0.05) is 40.8 Å². The summed E-state index contributed by atoms with van der Waals surface area (Å²) in [7, 11) is 0. The fourth-order valence-electron chi connectivity index (χ4n) is 7.02. The summed E-state index contributed by atoms with van der Waals surface area (Å²) in [6.07, 6.45) is 9.26. The Labute approximate surface area is 302 Å². The van der Waals surface area contributed by atoms with Crippen LogP contribution in [0.1, 0.15) is 103 Å². The van der Waals surface area contributed by atoms with E-state index >= 15 is 0 Å². The van der Waals surface area contributed by atoms with Gasteiger partial charge in [-0.3, -0.25) is 4.99 Å². The number of quaternary nitrogens is 1. The molecule has 7 heteroatoms. The number of hydrogen-bond acceptors (Lipinski definition) is 6. The topological polar surface area (TPSA) is 109 Å². The molecule has 0 radical (unpaired) electrons. The summed E-state index contributed by atoms with van der Waals surface area (Å²) >= 11 is 0. The van der Waals surface area contributed by atoms with E-state index in [1.807, 2.05) is 51.1 Å². The van der Waals surface area contributed by atoms with Crippen molar-refractivity contribution in [2.75, 3.05) is 19.7 Å². The van der Waals surface area contributed by atoms with Crippen LogP contribution in [0.4, 0.5) is 5.69 Å². The molecule has 0 bridgehead atoms. The minimum absolute atomic E-state index is 0.257. The smallest absolute Gasteiger partial charge is 0.338 e. The first-order valence-electron chi connectivity index (χ1n) is 18.8. The Morgan fingerprint density at radius 1 is 0.804 bits per heavy atom. The number of esters is 1. The summed E-state index contributed by atoms with van der Waals surface area (Å²) in [5.74, 6) is 1.01. The van der Waals surface area contributed by atoms with Crippen molar-refractivity contribution >= 4 is 22.6 Å². The fourth-order valence-corrected chi connectivity index (χ4v) is 7.02. The third-order valence-electron chi connectivity index (χ3n) is 10.1. The first kappa shape index (κ1) is 37.6. The van der Waals surface area contributed by atoms with Crippen molar-refractivity contribution in [2.24, 2.45) is 4.99 Å². The van der Waals surface area contributed by atoms with Crippen molar-refractivity contribution in [3.05, 3.63) is 93.3 Å². The quantitative estimate of drug-likeness (QED) is 0.0314. The molecule has 0 atom stereocenters. The molecule has 2 aliphatic rings. The lowest BCUT2D eigenvalue weighted by molar-refractivity contribution is -0.568. The number of carbonyl (C=O) groups excluding carboxylic acids is 1. The van der Waals surface area contributed by atoms with Crippen LogP contribution in [0.25, 0.3) is 33.4 Å². The molecule has 0 fully saturated rings. The fraction of sp³-hybridized carbons (Fsp3) is 0.409. The third-order valence-corrected chi connectivity index (χ3v) is 10.1. The molecule has 0 aromatic heterocycles. The van der Waals surface area contributed by atoms with Crippen molar-refractivity contribution < 1.29 is 29.5 Å². The van der Waals surface area contributed by atoms with E-state index in [9.17, 15) is 15.0 Å². The standard InChI is InChI=1S/C44H54N2O5/c1-7-45-37-26-40-35(23-28(37)3)42(36-24-29(4)38(46-8-2)27-41(36)51-40)33-20-16-17-21-34(33)44(49)50-22-18-14-12-10-9-11-13-15-19-32-25-39(47)30(5)31(6)43(32)48/h16-17,20-21,23-27,45,47-48H,7-15,18-19,22H2,1-6H3/p+1. The number of ether oxygens (including phenoxy) is 1. The number of aryl methyl sites for hydroxylation is 3. The van der Waals surface area contributed by atoms with Gasteiger partial charge in [-0.2, -0.15) is 0 Å². The zero-order valence-corrected chi connectivity index (χ0v) is 31.3. The monoisotopic (exact) mass is 691 g/mol. The highest BCUT2D eigenvalue weighted by molar-refractivity contribution is 6.08. The summed E-state index contributed by atoms with van der Waals surface area (Å²) in [5, 5.41) is 24.6. The Morgan fingerprint density at radius 2 is 1.51 bits per heavy atom. The molecule has 0 amide bonds. The van der Waals surface area contributed by atoms with E-state index in [2.05, 4.69) is 49.3 Å². The number of nitrogens with zero attached hydrogens (tertiary/aromatic N) is 1. The number of rotatable bonds is 16. The van der Waals surface area contributed by atoms with Gasteiger partial charge in [0.15, 0.2) is 0 Å². The Hall–Kier alpha value is -4.62. The maximum atomic E-state index is 13.6. The number of aromatic hydroxyl groups is 2. The van der Waals surface area contributed by atoms with Crippen LogP contribution in [0.5, 0.6) is 11.5 Å². The molecule has 1 aliphatic heterocycles. The number of benzene rings is 4. The molecule has 0 spiro atoms. The van der Waals surface area contributed by atoms with E-state index in [1.54, 1.807) is 6.07 Å². The highest BCUT2D eigenvalue weighted by atomic mass is 16.5. The van der Waals surface area contributed by atoms with Gasteiger partial charge in [-0.1, -0.05) is 56.7 Å². The van der Waals surface area contributed by atoms with Crippen LogP contribution in [0.3, 0.4) is 0 Å². The van der Waals surface area contributed by atoms with E-state index in [1.165, 1.54) is 0 Å². The number of carbonyl (C=O) groups is 1. The lowest BCUT2D eigenvalue weighted by atomic mass is 9.89. The zero-order valence-electron chi connectivity index (χ0n) is 31.3. The van der Waals surface area contributed by atoms with Crippen LogP contribution in [-0.2, 0) is 11.2 Å². The average Bonchev–Trinajstić information content (AvgIpc) is 3.12. The maximum absolute atomic E-state index is 13.6. The SMILES string of the molecule is CCN=c1cc2oc3cc([NH2+]CC)c(C)cc3c(-c3ccccc3C(=O)OCCCCCCCCCCc3cc(O)c(C)c(C)c3O)c-2cc1C. The molecule has 1 aliphatic carbocycles. The molecule has 3 aromatic carbocycles. The average molecular weight is 692 g/mol. The van der Waals surface area contributed by atoms with Crippen LogP contribution in [0.15, 0.2) is 64.0 Å². The summed E-state index contributed by atoms with van der Waals surface area (Å²) in [6.45, 7) is 14.0. The van der Waals surface area contributed by atoms with Crippen molar-refractivity contribution in [3.63, 3.8) is 0 Å². The predicted octanol–water partition coefficient (Wildman–Crippen LogP) is 9.51. The highest BCUT2D eigenvalue weighted by Crippen LogP contribution is 2.42. The minimum atomic E-state index is -0.308. The summed E-state index contributed by atoms with van der Waals surface area (Å²) in [6, 6.07) is 17.9. The van der Waals surface area contributed by atoms with Gasteiger partial charge in [-0.05, 0) is 113 Å². The summed E-state index contributed by atoms with van der Waals surface area (Å²) in [5.41, 5.74) is 9.79. The van der Waals surface area contributed by atoms with E-state index in [4.69, 9.17) is 9.15 Å². The molecule has 7 nitrogen and oxygen atoms in total. The molecule has 3 aromatic rings. The number of unbranched alkanes of at least 4 members (excludes halogenated alkanes) is 7. The molecule has 51 heavy (non-hydrogen) atoms. The second-order valence-electron chi connectivity index (χ2n) is 13.8. The van der Waals surface area contributed by atoms with E-state index in [-0.39, 0.29) is 11.7 Å². The molecular weight excluding hydrogens is 636 g/mol. The van der Waals surface area contributed by atoms with Crippen LogP contribution in [0, 0.1) is 27.7 Å².